The van der Waals surface area contributed by atoms with Crippen molar-refractivity contribution in [2.75, 3.05) is 9.62 Å². The van der Waals surface area contributed by atoms with E-state index in [1.54, 1.807) is 0 Å². The Morgan fingerprint density at radius 1 is 0.618 bits per heavy atom. The van der Waals surface area contributed by atoms with Crippen molar-refractivity contribution in [1.82, 2.24) is 9.97 Å². The van der Waals surface area contributed by atoms with Crippen molar-refractivity contribution in [3.05, 3.63) is 103 Å². The molecule has 3 aromatic heterocycles. The van der Waals surface area contributed by atoms with Crippen LogP contribution in [0.5, 0.6) is 0 Å². The molecule has 2 aliphatic heterocycles. The van der Waals surface area contributed by atoms with Crippen molar-refractivity contribution in [2.24, 2.45) is 0 Å². The standard InChI is InChI=1S/C28H17BN4O/c1-3-11-22-20(9-1)26-21(10-7-16-30-26)29-32(22)23-12-4-5-13-24(23)33(29)28-27-19(15-17-31-28)18-8-2-6-14-25(18)34-27/h1-17H. The van der Waals surface area contributed by atoms with E-state index in [1.807, 2.05) is 42.7 Å². The number of anilines is 4. The van der Waals surface area contributed by atoms with Gasteiger partial charge in [0, 0.05) is 34.4 Å². The molecule has 5 heterocycles. The topological polar surface area (TPSA) is 45.4 Å². The lowest BCUT2D eigenvalue weighted by Crippen LogP contribution is -2.56. The van der Waals surface area contributed by atoms with Gasteiger partial charge in [-0.2, -0.15) is 0 Å². The maximum absolute atomic E-state index is 6.41. The van der Waals surface area contributed by atoms with Gasteiger partial charge in [-0.3, -0.25) is 4.98 Å². The molecule has 0 fully saturated rings. The van der Waals surface area contributed by atoms with E-state index in [0.29, 0.717) is 0 Å². The van der Waals surface area contributed by atoms with Crippen LogP contribution in [0.1, 0.15) is 0 Å². The Hall–Kier alpha value is -4.58. The minimum absolute atomic E-state index is 0.123. The number of hydrogen-bond acceptors (Lipinski definition) is 5. The fourth-order valence-electron chi connectivity index (χ4n) is 5.56. The number of fused-ring (bicyclic) bond motifs is 11. The summed E-state index contributed by atoms with van der Waals surface area (Å²) >= 11 is 0. The summed E-state index contributed by atoms with van der Waals surface area (Å²) in [7, 11) is 0. The van der Waals surface area contributed by atoms with Crippen LogP contribution in [0.25, 0.3) is 33.2 Å². The SMILES string of the molecule is c1cnc2c(c1)B1N(c3ccccc3-2)c2ccccc2N1c1nccc2c1oc1ccccc12. The second-order valence-corrected chi connectivity index (χ2v) is 8.67. The van der Waals surface area contributed by atoms with Gasteiger partial charge < -0.3 is 14.0 Å². The van der Waals surface area contributed by atoms with Crippen LogP contribution >= 0.6 is 0 Å². The zero-order valence-corrected chi connectivity index (χ0v) is 18.1. The molecule has 0 unspecified atom stereocenters. The highest BCUT2D eigenvalue weighted by Crippen LogP contribution is 2.51. The van der Waals surface area contributed by atoms with E-state index in [4.69, 9.17) is 14.4 Å². The summed E-state index contributed by atoms with van der Waals surface area (Å²) in [6.45, 7) is -0.123. The average molecular weight is 436 g/mol. The molecule has 0 spiro atoms. The van der Waals surface area contributed by atoms with Gasteiger partial charge in [-0.1, -0.05) is 54.6 Å². The van der Waals surface area contributed by atoms with Crippen molar-refractivity contribution in [3.8, 4) is 11.3 Å². The zero-order valence-electron chi connectivity index (χ0n) is 18.1. The lowest BCUT2D eigenvalue weighted by Gasteiger charge is -2.35. The van der Waals surface area contributed by atoms with E-state index >= 15 is 0 Å². The molecule has 0 bridgehead atoms. The largest absolute Gasteiger partial charge is 0.452 e. The maximum Gasteiger partial charge on any atom is 0.424 e. The van der Waals surface area contributed by atoms with E-state index < -0.39 is 0 Å². The first-order chi connectivity index (χ1) is 16.9. The van der Waals surface area contributed by atoms with Crippen LogP contribution in [0.3, 0.4) is 0 Å². The molecule has 0 amide bonds. The molecule has 158 valence electrons. The molecule has 0 radical (unpaired) electrons. The van der Waals surface area contributed by atoms with Crippen molar-refractivity contribution < 1.29 is 4.42 Å². The second-order valence-electron chi connectivity index (χ2n) is 8.67. The summed E-state index contributed by atoms with van der Waals surface area (Å²) < 4.78 is 6.41. The Balaban J connectivity index is 1.47. The number of nitrogens with zero attached hydrogens (tertiary/aromatic N) is 4. The molecule has 0 atom stereocenters. The number of hydrogen-bond donors (Lipinski definition) is 0. The Kier molecular flexibility index (Phi) is 3.42. The third-order valence-electron chi connectivity index (χ3n) is 6.93. The highest BCUT2D eigenvalue weighted by Gasteiger charge is 2.49. The first kappa shape index (κ1) is 17.9. The molecule has 6 heteroatoms. The second kappa shape index (κ2) is 6.48. The molecular weight excluding hydrogens is 419 g/mol. The fraction of sp³-hybridized carbons (Fsp3) is 0. The summed E-state index contributed by atoms with van der Waals surface area (Å²) in [6.07, 6.45) is 3.75. The van der Waals surface area contributed by atoms with Gasteiger partial charge in [0.15, 0.2) is 11.4 Å². The molecule has 5 nitrogen and oxygen atoms in total. The fourth-order valence-corrected chi connectivity index (χ4v) is 5.56. The van der Waals surface area contributed by atoms with Crippen molar-refractivity contribution in [1.29, 1.82) is 0 Å². The number of furan rings is 1. The maximum atomic E-state index is 6.41. The number of para-hydroxylation sites is 4. The summed E-state index contributed by atoms with van der Waals surface area (Å²) in [4.78, 5) is 14.4. The quantitative estimate of drug-likeness (QED) is 0.294. The van der Waals surface area contributed by atoms with Crippen LogP contribution < -0.4 is 15.1 Å². The predicted octanol–water partition coefficient (Wildman–Crippen LogP) is 6.04. The summed E-state index contributed by atoms with van der Waals surface area (Å²) in [5.41, 5.74) is 8.34. The molecule has 0 aliphatic carbocycles. The van der Waals surface area contributed by atoms with Crippen LogP contribution in [-0.2, 0) is 0 Å². The Bertz CT molecular complexity index is 1760. The van der Waals surface area contributed by atoms with Crippen molar-refractivity contribution in [3.63, 3.8) is 0 Å². The van der Waals surface area contributed by atoms with Gasteiger partial charge in [0.1, 0.15) is 5.58 Å². The third kappa shape index (κ3) is 2.19. The summed E-state index contributed by atoms with van der Waals surface area (Å²) in [5, 5.41) is 2.17. The van der Waals surface area contributed by atoms with Crippen LogP contribution in [0.2, 0.25) is 0 Å². The van der Waals surface area contributed by atoms with Gasteiger partial charge in [-0.25, -0.2) is 4.98 Å². The summed E-state index contributed by atoms with van der Waals surface area (Å²) in [6, 6.07) is 31.4. The van der Waals surface area contributed by atoms with Gasteiger partial charge in [-0.05, 0) is 41.9 Å². The van der Waals surface area contributed by atoms with Crippen LogP contribution in [-0.4, -0.2) is 17.0 Å². The van der Waals surface area contributed by atoms with Crippen LogP contribution in [0, 0.1) is 0 Å². The smallest absolute Gasteiger partial charge is 0.424 e. The Morgan fingerprint density at radius 2 is 1.38 bits per heavy atom. The lowest BCUT2D eigenvalue weighted by atomic mass is 9.61. The highest BCUT2D eigenvalue weighted by molar-refractivity contribution is 6.86. The first-order valence-corrected chi connectivity index (χ1v) is 11.4. The first-order valence-electron chi connectivity index (χ1n) is 11.4. The monoisotopic (exact) mass is 436 g/mol. The van der Waals surface area contributed by atoms with Gasteiger partial charge in [0.05, 0.1) is 17.1 Å². The molecule has 3 aromatic carbocycles. The van der Waals surface area contributed by atoms with E-state index in [9.17, 15) is 0 Å². The van der Waals surface area contributed by atoms with Crippen molar-refractivity contribution >= 4 is 57.3 Å². The van der Waals surface area contributed by atoms with Gasteiger partial charge in [0.25, 0.3) is 0 Å². The molecule has 2 aliphatic rings. The molecule has 34 heavy (non-hydrogen) atoms. The number of aromatic nitrogens is 2. The Morgan fingerprint density at radius 3 is 2.29 bits per heavy atom. The van der Waals surface area contributed by atoms with E-state index in [-0.39, 0.29) is 6.98 Å². The van der Waals surface area contributed by atoms with E-state index in [1.165, 1.54) is 0 Å². The Labute approximate surface area is 196 Å². The van der Waals surface area contributed by atoms with Gasteiger partial charge >= 0.3 is 6.98 Å². The minimum atomic E-state index is -0.123. The molecule has 0 saturated carbocycles. The van der Waals surface area contributed by atoms with E-state index in [2.05, 4.69) is 70.3 Å². The van der Waals surface area contributed by atoms with Crippen LogP contribution in [0.4, 0.5) is 22.9 Å². The van der Waals surface area contributed by atoms with Gasteiger partial charge in [0.2, 0.25) is 0 Å². The zero-order chi connectivity index (χ0) is 22.2. The molecule has 0 saturated heterocycles. The van der Waals surface area contributed by atoms with Gasteiger partial charge in [-0.15, -0.1) is 0 Å². The predicted molar refractivity (Wildman–Crippen MR) is 137 cm³/mol. The lowest BCUT2D eigenvalue weighted by molar-refractivity contribution is 0.667. The number of pyridine rings is 2. The third-order valence-corrected chi connectivity index (χ3v) is 6.93. The minimum Gasteiger partial charge on any atom is -0.452 e. The molecule has 6 aromatic rings. The van der Waals surface area contributed by atoms with Crippen LogP contribution in [0.15, 0.2) is 108 Å². The van der Waals surface area contributed by atoms with E-state index in [0.717, 1.165) is 61.5 Å². The van der Waals surface area contributed by atoms with Crippen molar-refractivity contribution in [2.45, 2.75) is 0 Å². The summed E-state index contributed by atoms with van der Waals surface area (Å²) in [5.74, 6) is 0.808. The average Bonchev–Trinajstić information content (AvgIpc) is 3.45. The number of rotatable bonds is 1. The molecule has 8 rings (SSSR count). The highest BCUT2D eigenvalue weighted by atomic mass is 16.3. The molecular formula is C28H17BN4O. The molecule has 0 N–H and O–H groups in total. The normalized spacial score (nSPS) is 13.7. The number of benzene rings is 3.